The van der Waals surface area contributed by atoms with Gasteiger partial charge in [0, 0.05) is 23.7 Å². The summed E-state index contributed by atoms with van der Waals surface area (Å²) in [6, 6.07) is 20.9. The predicted octanol–water partition coefficient (Wildman–Crippen LogP) is 4.75. The molecule has 0 fully saturated rings. The summed E-state index contributed by atoms with van der Waals surface area (Å²) in [4.78, 5) is 16.8. The van der Waals surface area contributed by atoms with E-state index in [0.29, 0.717) is 18.0 Å². The molecule has 3 aromatic rings. The Kier molecular flexibility index (Phi) is 5.35. The summed E-state index contributed by atoms with van der Waals surface area (Å²) in [5.41, 5.74) is 4.53. The number of nitrogens with zero attached hydrogens (tertiary/aromatic N) is 2. The molecule has 0 saturated carbocycles. The lowest BCUT2D eigenvalue weighted by molar-refractivity contribution is 0.0954. The monoisotopic (exact) mass is 381 g/mol. The normalized spacial score (nSPS) is 11.6. The van der Waals surface area contributed by atoms with Crippen molar-refractivity contribution in [3.63, 3.8) is 0 Å². The van der Waals surface area contributed by atoms with Gasteiger partial charge in [-0.25, -0.2) is 4.98 Å². The summed E-state index contributed by atoms with van der Waals surface area (Å²) in [6.07, 6.45) is 5.48. The van der Waals surface area contributed by atoms with Gasteiger partial charge in [0.1, 0.15) is 5.75 Å². The molecule has 0 saturated heterocycles. The summed E-state index contributed by atoms with van der Waals surface area (Å²) < 4.78 is 5.95. The van der Waals surface area contributed by atoms with Crippen LogP contribution >= 0.6 is 0 Å². The number of allylic oxidation sites excluding steroid dienone is 1. The number of aromatic nitrogens is 1. The Morgan fingerprint density at radius 3 is 2.93 bits per heavy atom. The number of ether oxygens (including phenoxy) is 1. The number of carbonyl (C=O) groups is 1. The second-order valence-corrected chi connectivity index (χ2v) is 6.68. The number of fused-ring (bicyclic) bond motifs is 1. The fourth-order valence-electron chi connectivity index (χ4n) is 3.20. The second kappa shape index (κ2) is 8.41. The quantitative estimate of drug-likeness (QED) is 0.625. The molecule has 0 aliphatic heterocycles. The highest BCUT2D eigenvalue weighted by molar-refractivity contribution is 5.95. The fraction of sp³-hybridized carbons (Fsp3) is 0.125. The van der Waals surface area contributed by atoms with E-state index in [1.54, 1.807) is 12.1 Å². The van der Waals surface area contributed by atoms with Gasteiger partial charge < -0.3 is 10.1 Å². The smallest absolute Gasteiger partial charge is 0.251 e. The van der Waals surface area contributed by atoms with Crippen LogP contribution in [0.4, 0.5) is 0 Å². The molecule has 4 rings (SSSR count). The zero-order valence-electron chi connectivity index (χ0n) is 15.8. The van der Waals surface area contributed by atoms with E-state index in [1.165, 1.54) is 11.1 Å². The number of hydrogen-bond donors (Lipinski definition) is 1. The van der Waals surface area contributed by atoms with Crippen LogP contribution in [0.2, 0.25) is 0 Å². The minimum atomic E-state index is -0.208. The Balaban J connectivity index is 1.53. The van der Waals surface area contributed by atoms with Gasteiger partial charge in [-0.15, -0.1) is 0 Å². The highest BCUT2D eigenvalue weighted by Crippen LogP contribution is 2.28. The van der Waals surface area contributed by atoms with Crippen molar-refractivity contribution in [1.29, 1.82) is 5.26 Å². The Bertz CT molecular complexity index is 1130. The zero-order chi connectivity index (χ0) is 20.1. The lowest BCUT2D eigenvalue weighted by atomic mass is 10.1. The minimum Gasteiger partial charge on any atom is -0.439 e. The third-order valence-corrected chi connectivity index (χ3v) is 4.64. The standard InChI is InChI=1S/C24H19N3O2/c25-13-4-14-26-24(28)20-8-2-7-19(15-20)22-9-3-10-23(27-22)29-21-12-11-17-5-1-6-18(17)16-21/h1-3,6-12,15-16H,4-5,14H2,(H,26,28). The molecule has 1 amide bonds. The minimum absolute atomic E-state index is 0.208. The third-order valence-electron chi connectivity index (χ3n) is 4.64. The molecule has 5 heteroatoms. The molecular weight excluding hydrogens is 362 g/mol. The van der Waals surface area contributed by atoms with Crippen molar-refractivity contribution >= 4 is 12.0 Å². The number of nitriles is 1. The Hall–Kier alpha value is -3.91. The number of amides is 1. The van der Waals surface area contributed by atoms with Gasteiger partial charge in [0.15, 0.2) is 0 Å². The second-order valence-electron chi connectivity index (χ2n) is 6.68. The molecule has 1 aliphatic rings. The van der Waals surface area contributed by atoms with Crippen LogP contribution in [-0.2, 0) is 6.42 Å². The van der Waals surface area contributed by atoms with Crippen LogP contribution in [-0.4, -0.2) is 17.4 Å². The highest BCUT2D eigenvalue weighted by atomic mass is 16.5. The van der Waals surface area contributed by atoms with Crippen molar-refractivity contribution < 1.29 is 9.53 Å². The lowest BCUT2D eigenvalue weighted by Crippen LogP contribution is -2.24. The first kappa shape index (κ1) is 18.5. The molecule has 1 heterocycles. The summed E-state index contributed by atoms with van der Waals surface area (Å²) in [6.45, 7) is 0.330. The Labute approximate surface area is 169 Å². The van der Waals surface area contributed by atoms with E-state index in [2.05, 4.69) is 28.5 Å². The van der Waals surface area contributed by atoms with E-state index in [4.69, 9.17) is 10.00 Å². The maximum atomic E-state index is 12.2. The molecule has 0 bridgehead atoms. The topological polar surface area (TPSA) is 75.0 Å². The van der Waals surface area contributed by atoms with E-state index in [9.17, 15) is 4.79 Å². The molecule has 2 aromatic carbocycles. The first-order chi connectivity index (χ1) is 14.2. The maximum Gasteiger partial charge on any atom is 0.251 e. The molecule has 142 valence electrons. The zero-order valence-corrected chi connectivity index (χ0v) is 15.8. The number of carbonyl (C=O) groups excluding carboxylic acids is 1. The summed E-state index contributed by atoms with van der Waals surface area (Å²) in [5, 5.41) is 11.3. The van der Waals surface area contributed by atoms with E-state index >= 15 is 0 Å². The summed E-state index contributed by atoms with van der Waals surface area (Å²) in [7, 11) is 0. The largest absolute Gasteiger partial charge is 0.439 e. The average Bonchev–Trinajstić information content (AvgIpc) is 3.22. The molecule has 29 heavy (non-hydrogen) atoms. The van der Waals surface area contributed by atoms with E-state index in [1.807, 2.05) is 48.5 Å². The number of nitrogens with one attached hydrogen (secondary N) is 1. The van der Waals surface area contributed by atoms with Crippen LogP contribution in [0.5, 0.6) is 11.6 Å². The molecule has 1 N–H and O–H groups in total. The van der Waals surface area contributed by atoms with Crippen LogP contribution in [0.3, 0.4) is 0 Å². The van der Waals surface area contributed by atoms with Gasteiger partial charge in [0.25, 0.3) is 5.91 Å². The number of benzene rings is 2. The van der Waals surface area contributed by atoms with E-state index in [-0.39, 0.29) is 12.3 Å². The van der Waals surface area contributed by atoms with Gasteiger partial charge in [-0.2, -0.15) is 5.26 Å². The van der Waals surface area contributed by atoms with Gasteiger partial charge in [-0.3, -0.25) is 4.79 Å². The van der Waals surface area contributed by atoms with Gasteiger partial charge >= 0.3 is 0 Å². The number of rotatable bonds is 6. The van der Waals surface area contributed by atoms with Crippen molar-refractivity contribution in [2.45, 2.75) is 12.8 Å². The van der Waals surface area contributed by atoms with Crippen molar-refractivity contribution in [1.82, 2.24) is 10.3 Å². The third kappa shape index (κ3) is 4.33. The fourth-order valence-corrected chi connectivity index (χ4v) is 3.20. The van der Waals surface area contributed by atoms with Gasteiger partial charge in [0.2, 0.25) is 5.88 Å². The Morgan fingerprint density at radius 2 is 2.03 bits per heavy atom. The first-order valence-corrected chi connectivity index (χ1v) is 9.43. The van der Waals surface area contributed by atoms with Crippen LogP contribution in [0, 0.1) is 11.3 Å². The van der Waals surface area contributed by atoms with Gasteiger partial charge in [0.05, 0.1) is 18.2 Å². The average molecular weight is 381 g/mol. The Morgan fingerprint density at radius 1 is 1.14 bits per heavy atom. The summed E-state index contributed by atoms with van der Waals surface area (Å²) >= 11 is 0. The summed E-state index contributed by atoms with van der Waals surface area (Å²) in [5.74, 6) is 1.03. The van der Waals surface area contributed by atoms with Crippen molar-refractivity contribution in [3.05, 3.63) is 83.4 Å². The molecule has 0 atom stereocenters. The predicted molar refractivity (Wildman–Crippen MR) is 111 cm³/mol. The van der Waals surface area contributed by atoms with Crippen LogP contribution in [0.15, 0.2) is 66.7 Å². The van der Waals surface area contributed by atoms with Crippen LogP contribution in [0.25, 0.3) is 17.3 Å². The van der Waals surface area contributed by atoms with Gasteiger partial charge in [-0.05, 0) is 47.9 Å². The maximum absolute atomic E-state index is 12.2. The van der Waals surface area contributed by atoms with Crippen molar-refractivity contribution in [3.8, 4) is 29.0 Å². The van der Waals surface area contributed by atoms with E-state index < -0.39 is 0 Å². The molecule has 1 aromatic heterocycles. The molecule has 0 radical (unpaired) electrons. The van der Waals surface area contributed by atoms with Crippen LogP contribution in [0.1, 0.15) is 27.9 Å². The highest BCUT2D eigenvalue weighted by Gasteiger charge is 2.10. The SMILES string of the molecule is N#CCCNC(=O)c1cccc(-c2cccc(Oc3ccc4c(c3)C=CC4)n2)c1. The van der Waals surface area contributed by atoms with E-state index in [0.717, 1.165) is 23.4 Å². The first-order valence-electron chi connectivity index (χ1n) is 9.43. The molecule has 0 unspecified atom stereocenters. The van der Waals surface area contributed by atoms with Crippen LogP contribution < -0.4 is 10.1 Å². The van der Waals surface area contributed by atoms with Gasteiger partial charge in [-0.1, -0.05) is 36.4 Å². The molecule has 5 nitrogen and oxygen atoms in total. The number of pyridine rings is 1. The molecule has 1 aliphatic carbocycles. The van der Waals surface area contributed by atoms with Crippen molar-refractivity contribution in [2.24, 2.45) is 0 Å². The lowest BCUT2D eigenvalue weighted by Gasteiger charge is -2.09. The number of hydrogen-bond acceptors (Lipinski definition) is 4. The molecule has 0 spiro atoms. The molecular formula is C24H19N3O2. The van der Waals surface area contributed by atoms with Crippen molar-refractivity contribution in [2.75, 3.05) is 6.54 Å².